The molecule has 1 fully saturated rings. The van der Waals surface area contributed by atoms with Crippen molar-refractivity contribution in [1.82, 2.24) is 15.2 Å². The summed E-state index contributed by atoms with van der Waals surface area (Å²) >= 11 is 1.75. The Kier molecular flexibility index (Phi) is 5.58. The van der Waals surface area contributed by atoms with E-state index in [4.69, 9.17) is 0 Å². The van der Waals surface area contributed by atoms with Crippen LogP contribution in [0.25, 0.3) is 0 Å². The molecule has 0 bridgehead atoms. The number of thiazole rings is 1. The minimum Gasteiger partial charge on any atom is -0.319 e. The molecule has 1 aromatic rings. The fourth-order valence-corrected chi connectivity index (χ4v) is 4.49. The maximum Gasteiger partial charge on any atom is 0.0897 e. The summed E-state index contributed by atoms with van der Waals surface area (Å²) in [5.74, 6) is 0.868. The number of aryl methyl sites for hydroxylation is 1. The Hall–Kier alpha value is -0.450. The molecule has 20 heavy (non-hydrogen) atoms. The van der Waals surface area contributed by atoms with Crippen molar-refractivity contribution in [3.8, 4) is 0 Å². The van der Waals surface area contributed by atoms with Crippen LogP contribution >= 0.6 is 11.3 Å². The first-order valence-electron chi connectivity index (χ1n) is 7.77. The maximum atomic E-state index is 4.59. The Labute approximate surface area is 127 Å². The third-order valence-electron chi connectivity index (χ3n) is 4.44. The molecule has 0 spiro atoms. The molecule has 0 amide bonds. The molecule has 0 radical (unpaired) electrons. The van der Waals surface area contributed by atoms with Gasteiger partial charge in [0.15, 0.2) is 0 Å². The average molecular weight is 295 g/mol. The van der Waals surface area contributed by atoms with Crippen molar-refractivity contribution in [3.63, 3.8) is 0 Å². The van der Waals surface area contributed by atoms with Gasteiger partial charge in [0.2, 0.25) is 0 Å². The van der Waals surface area contributed by atoms with E-state index in [0.717, 1.165) is 19.0 Å². The van der Waals surface area contributed by atoms with Crippen molar-refractivity contribution in [1.29, 1.82) is 0 Å². The van der Waals surface area contributed by atoms with E-state index in [0.29, 0.717) is 5.41 Å². The van der Waals surface area contributed by atoms with E-state index in [2.05, 4.69) is 48.5 Å². The number of hydrogen-bond donors (Lipinski definition) is 1. The van der Waals surface area contributed by atoms with Gasteiger partial charge in [0.25, 0.3) is 0 Å². The van der Waals surface area contributed by atoms with E-state index in [9.17, 15) is 0 Å². The second-order valence-electron chi connectivity index (χ2n) is 6.76. The van der Waals surface area contributed by atoms with Crippen LogP contribution in [0.4, 0.5) is 0 Å². The summed E-state index contributed by atoms with van der Waals surface area (Å²) in [6, 6.07) is 0. The lowest BCUT2D eigenvalue weighted by Gasteiger charge is -2.42. The van der Waals surface area contributed by atoms with Gasteiger partial charge in [-0.1, -0.05) is 19.8 Å². The van der Waals surface area contributed by atoms with E-state index < -0.39 is 0 Å². The number of rotatable bonds is 6. The number of nitrogens with one attached hydrogen (secondary N) is 1. The third-order valence-corrected chi connectivity index (χ3v) is 5.26. The van der Waals surface area contributed by atoms with E-state index in [1.165, 1.54) is 42.9 Å². The predicted octanol–water partition coefficient (Wildman–Crippen LogP) is 3.30. The van der Waals surface area contributed by atoms with E-state index in [1.54, 1.807) is 11.3 Å². The van der Waals surface area contributed by atoms with Crippen LogP contribution in [-0.2, 0) is 6.54 Å². The van der Waals surface area contributed by atoms with Gasteiger partial charge in [0.1, 0.15) is 0 Å². The van der Waals surface area contributed by atoms with Gasteiger partial charge in [0.05, 0.1) is 10.7 Å². The fourth-order valence-electron chi connectivity index (χ4n) is 3.89. The van der Waals surface area contributed by atoms with Gasteiger partial charge in [-0.25, -0.2) is 4.98 Å². The monoisotopic (exact) mass is 295 g/mol. The first kappa shape index (κ1) is 15.9. The lowest BCUT2D eigenvalue weighted by atomic mass is 9.69. The van der Waals surface area contributed by atoms with Gasteiger partial charge in [-0.2, -0.15) is 0 Å². The minimum atomic E-state index is 0.451. The summed E-state index contributed by atoms with van der Waals surface area (Å²) in [6.07, 6.45) is 5.50. The van der Waals surface area contributed by atoms with Gasteiger partial charge in [-0.3, -0.25) is 4.90 Å². The molecule has 2 atom stereocenters. The highest BCUT2D eigenvalue weighted by molar-refractivity contribution is 7.09. The van der Waals surface area contributed by atoms with Crippen LogP contribution in [0.5, 0.6) is 0 Å². The zero-order valence-corrected chi connectivity index (χ0v) is 14.2. The molecule has 0 aliphatic heterocycles. The van der Waals surface area contributed by atoms with Crippen molar-refractivity contribution in [3.05, 3.63) is 16.1 Å². The van der Waals surface area contributed by atoms with Crippen molar-refractivity contribution in [2.45, 2.75) is 46.1 Å². The molecule has 0 saturated heterocycles. The quantitative estimate of drug-likeness (QED) is 0.873. The molecule has 1 N–H and O–H groups in total. The normalized spacial score (nSPS) is 27.1. The number of aromatic nitrogens is 1. The molecule has 0 aromatic carbocycles. The highest BCUT2D eigenvalue weighted by Crippen LogP contribution is 2.39. The Balaban J connectivity index is 1.96. The molecule has 114 valence electrons. The second-order valence-corrected chi connectivity index (χ2v) is 7.82. The molecule has 1 aliphatic carbocycles. The van der Waals surface area contributed by atoms with Crippen LogP contribution < -0.4 is 5.32 Å². The first-order valence-corrected chi connectivity index (χ1v) is 8.65. The summed E-state index contributed by atoms with van der Waals surface area (Å²) < 4.78 is 0. The van der Waals surface area contributed by atoms with Gasteiger partial charge >= 0.3 is 0 Å². The van der Waals surface area contributed by atoms with E-state index in [1.807, 2.05) is 0 Å². The van der Waals surface area contributed by atoms with E-state index in [-0.39, 0.29) is 0 Å². The fraction of sp³-hybridized carbons (Fsp3) is 0.812. The zero-order chi connectivity index (χ0) is 14.6. The molecule has 2 unspecified atom stereocenters. The van der Waals surface area contributed by atoms with Crippen LogP contribution in [0.3, 0.4) is 0 Å². The van der Waals surface area contributed by atoms with E-state index >= 15 is 0 Å². The molecule has 1 aromatic heterocycles. The highest BCUT2D eigenvalue weighted by Gasteiger charge is 2.35. The van der Waals surface area contributed by atoms with Crippen LogP contribution in [0.15, 0.2) is 5.38 Å². The third kappa shape index (κ3) is 4.27. The second kappa shape index (κ2) is 7.01. The Morgan fingerprint density at radius 1 is 1.55 bits per heavy atom. The first-order chi connectivity index (χ1) is 9.53. The minimum absolute atomic E-state index is 0.451. The molecule has 1 aliphatic rings. The molecule has 3 nitrogen and oxygen atoms in total. The summed E-state index contributed by atoms with van der Waals surface area (Å²) in [5, 5.41) is 6.80. The standard InChI is InChI=1S/C16H29N3S/c1-13-6-5-7-16(8-13,11-17-3)12-19(4)9-15-10-20-14(2)18-15/h10,13,17H,5-9,11-12H2,1-4H3. The van der Waals surface area contributed by atoms with Crippen molar-refractivity contribution < 1.29 is 0 Å². The van der Waals surface area contributed by atoms with Crippen LogP contribution in [-0.4, -0.2) is 37.1 Å². The smallest absolute Gasteiger partial charge is 0.0897 e. The Morgan fingerprint density at radius 3 is 2.95 bits per heavy atom. The molecule has 4 heteroatoms. The van der Waals surface area contributed by atoms with Crippen LogP contribution in [0.2, 0.25) is 0 Å². The largest absolute Gasteiger partial charge is 0.319 e. The van der Waals surface area contributed by atoms with Gasteiger partial charge in [0, 0.05) is 25.0 Å². The van der Waals surface area contributed by atoms with Crippen LogP contribution in [0, 0.1) is 18.3 Å². The SMILES string of the molecule is CNCC1(CN(C)Cc2csc(C)n2)CCCC(C)C1. The number of hydrogen-bond acceptors (Lipinski definition) is 4. The molecular weight excluding hydrogens is 266 g/mol. The van der Waals surface area contributed by atoms with Crippen molar-refractivity contribution in [2.75, 3.05) is 27.2 Å². The maximum absolute atomic E-state index is 4.59. The van der Waals surface area contributed by atoms with Gasteiger partial charge < -0.3 is 5.32 Å². The van der Waals surface area contributed by atoms with Gasteiger partial charge in [-0.15, -0.1) is 11.3 Å². The summed E-state index contributed by atoms with van der Waals surface area (Å²) in [7, 11) is 4.33. The summed E-state index contributed by atoms with van der Waals surface area (Å²) in [4.78, 5) is 7.05. The average Bonchev–Trinajstić information content (AvgIpc) is 2.74. The van der Waals surface area contributed by atoms with Crippen LogP contribution in [0.1, 0.15) is 43.3 Å². The lowest BCUT2D eigenvalue weighted by molar-refractivity contribution is 0.0906. The summed E-state index contributed by atoms with van der Waals surface area (Å²) in [5.41, 5.74) is 1.67. The summed E-state index contributed by atoms with van der Waals surface area (Å²) in [6.45, 7) is 7.78. The Morgan fingerprint density at radius 2 is 2.35 bits per heavy atom. The molecule has 1 saturated carbocycles. The molecule has 1 heterocycles. The Bertz CT molecular complexity index is 414. The molecule has 2 rings (SSSR count). The van der Waals surface area contributed by atoms with Crippen molar-refractivity contribution >= 4 is 11.3 Å². The lowest BCUT2D eigenvalue weighted by Crippen LogP contribution is -2.44. The predicted molar refractivity (Wildman–Crippen MR) is 87.2 cm³/mol. The van der Waals surface area contributed by atoms with Crippen molar-refractivity contribution in [2.24, 2.45) is 11.3 Å². The topological polar surface area (TPSA) is 28.2 Å². The highest BCUT2D eigenvalue weighted by atomic mass is 32.1. The molecular formula is C16H29N3S. The van der Waals surface area contributed by atoms with Gasteiger partial charge in [-0.05, 0) is 45.2 Å². The number of nitrogens with zero attached hydrogens (tertiary/aromatic N) is 2. The zero-order valence-electron chi connectivity index (χ0n) is 13.4.